The molecule has 0 aliphatic heterocycles. The molecular weight excluding hydrogens is 244 g/mol. The summed E-state index contributed by atoms with van der Waals surface area (Å²) in [4.78, 5) is 11.4. The molecule has 0 aliphatic carbocycles. The summed E-state index contributed by atoms with van der Waals surface area (Å²) in [5.41, 5.74) is 7.32. The molecule has 0 aliphatic rings. The van der Waals surface area contributed by atoms with Crippen molar-refractivity contribution in [3.63, 3.8) is 0 Å². The molecule has 0 aromatic heterocycles. The first-order valence-corrected chi connectivity index (χ1v) is 7.19. The second kappa shape index (κ2) is 8.62. The quantitative estimate of drug-likeness (QED) is 0.788. The van der Waals surface area contributed by atoms with E-state index in [4.69, 9.17) is 5.73 Å². The van der Waals surface area contributed by atoms with Crippen LogP contribution in [0, 0.1) is 11.8 Å². The van der Waals surface area contributed by atoms with Crippen LogP contribution >= 0.6 is 11.8 Å². The largest absolute Gasteiger partial charge is 0.352 e. The number of nitrogens with one attached hydrogen (secondary N) is 1. The topological polar surface area (TPSA) is 55.1 Å². The van der Waals surface area contributed by atoms with Gasteiger partial charge in [-0.3, -0.25) is 4.79 Å². The van der Waals surface area contributed by atoms with Crippen molar-refractivity contribution >= 4 is 17.7 Å². The van der Waals surface area contributed by atoms with Crippen LogP contribution in [0.4, 0.5) is 0 Å². The smallest absolute Gasteiger partial charge is 0.221 e. The highest BCUT2D eigenvalue weighted by Crippen LogP contribution is 2.03. The minimum Gasteiger partial charge on any atom is -0.352 e. The Labute approximate surface area is 113 Å². The van der Waals surface area contributed by atoms with Crippen LogP contribution < -0.4 is 11.1 Å². The Balaban J connectivity index is 2.41. The van der Waals surface area contributed by atoms with Crippen LogP contribution in [0.2, 0.25) is 0 Å². The predicted octanol–water partition coefficient (Wildman–Crippen LogP) is 1.37. The van der Waals surface area contributed by atoms with Crippen molar-refractivity contribution in [1.82, 2.24) is 5.32 Å². The van der Waals surface area contributed by atoms with E-state index in [9.17, 15) is 4.79 Å². The van der Waals surface area contributed by atoms with E-state index >= 15 is 0 Å². The van der Waals surface area contributed by atoms with E-state index in [0.717, 1.165) is 16.9 Å². The third kappa shape index (κ3) is 5.76. The Kier molecular flexibility index (Phi) is 7.00. The lowest BCUT2D eigenvalue weighted by molar-refractivity contribution is -0.120. The van der Waals surface area contributed by atoms with Crippen LogP contribution in [0.15, 0.2) is 24.3 Å². The first-order chi connectivity index (χ1) is 8.76. The summed E-state index contributed by atoms with van der Waals surface area (Å²) in [6.45, 7) is 0.936. The number of hydrogen-bond acceptors (Lipinski definition) is 3. The number of carbonyl (C=O) groups excluding carboxylic acids is 1. The van der Waals surface area contributed by atoms with Gasteiger partial charge in [0.05, 0.1) is 6.54 Å². The van der Waals surface area contributed by atoms with Crippen molar-refractivity contribution in [3.8, 4) is 11.8 Å². The van der Waals surface area contributed by atoms with Crippen LogP contribution in [-0.2, 0) is 11.3 Å². The molecule has 1 amide bonds. The molecule has 96 valence electrons. The van der Waals surface area contributed by atoms with Gasteiger partial charge in [0.1, 0.15) is 0 Å². The summed E-state index contributed by atoms with van der Waals surface area (Å²) >= 11 is 1.67. The highest BCUT2D eigenvalue weighted by atomic mass is 32.2. The first kappa shape index (κ1) is 14.6. The summed E-state index contributed by atoms with van der Waals surface area (Å²) < 4.78 is 0. The van der Waals surface area contributed by atoms with Crippen molar-refractivity contribution in [1.29, 1.82) is 0 Å². The Morgan fingerprint density at radius 3 is 2.72 bits per heavy atom. The summed E-state index contributed by atoms with van der Waals surface area (Å²) in [5, 5.41) is 2.89. The lowest BCUT2D eigenvalue weighted by Crippen LogP contribution is -2.22. The number of nitrogens with two attached hydrogens (primary N) is 1. The fourth-order valence-electron chi connectivity index (χ4n) is 1.34. The van der Waals surface area contributed by atoms with Crippen molar-refractivity contribution in [2.75, 3.05) is 18.6 Å². The van der Waals surface area contributed by atoms with Crippen LogP contribution in [0.25, 0.3) is 0 Å². The fraction of sp³-hybridized carbons (Fsp3) is 0.357. The van der Waals surface area contributed by atoms with E-state index in [1.807, 2.05) is 30.5 Å². The number of carbonyl (C=O) groups is 1. The van der Waals surface area contributed by atoms with Crippen LogP contribution in [0.1, 0.15) is 17.5 Å². The number of rotatable bonds is 5. The normalized spacial score (nSPS) is 9.44. The van der Waals surface area contributed by atoms with Gasteiger partial charge in [-0.2, -0.15) is 11.8 Å². The molecule has 0 atom stereocenters. The van der Waals surface area contributed by atoms with Gasteiger partial charge in [-0.1, -0.05) is 24.0 Å². The molecule has 0 spiro atoms. The Morgan fingerprint density at radius 2 is 2.11 bits per heavy atom. The van der Waals surface area contributed by atoms with Crippen LogP contribution in [-0.4, -0.2) is 24.5 Å². The minimum atomic E-state index is 0.0938. The highest BCUT2D eigenvalue weighted by molar-refractivity contribution is 7.98. The molecule has 1 rings (SSSR count). The van der Waals surface area contributed by atoms with E-state index in [1.165, 1.54) is 0 Å². The molecule has 0 saturated carbocycles. The van der Waals surface area contributed by atoms with Gasteiger partial charge in [0.2, 0.25) is 5.91 Å². The molecule has 0 bridgehead atoms. The zero-order valence-electron chi connectivity index (χ0n) is 10.5. The average Bonchev–Trinajstić information content (AvgIpc) is 2.41. The van der Waals surface area contributed by atoms with Crippen molar-refractivity contribution in [2.24, 2.45) is 5.73 Å². The van der Waals surface area contributed by atoms with Gasteiger partial charge in [-0.05, 0) is 24.0 Å². The summed E-state index contributed by atoms with van der Waals surface area (Å²) in [6, 6.07) is 7.81. The third-order valence-electron chi connectivity index (χ3n) is 2.31. The molecular formula is C14H18N2OS. The fourth-order valence-corrected chi connectivity index (χ4v) is 1.73. The van der Waals surface area contributed by atoms with Gasteiger partial charge in [0.15, 0.2) is 0 Å². The van der Waals surface area contributed by atoms with Gasteiger partial charge < -0.3 is 11.1 Å². The van der Waals surface area contributed by atoms with E-state index in [0.29, 0.717) is 19.5 Å². The maximum atomic E-state index is 11.4. The zero-order valence-corrected chi connectivity index (χ0v) is 11.3. The molecule has 0 heterocycles. The number of benzene rings is 1. The zero-order chi connectivity index (χ0) is 13.2. The number of amides is 1. The Morgan fingerprint density at radius 1 is 1.39 bits per heavy atom. The average molecular weight is 262 g/mol. The van der Waals surface area contributed by atoms with Gasteiger partial charge in [-0.25, -0.2) is 0 Å². The summed E-state index contributed by atoms with van der Waals surface area (Å²) in [5.74, 6) is 6.72. The first-order valence-electron chi connectivity index (χ1n) is 5.79. The van der Waals surface area contributed by atoms with Gasteiger partial charge in [-0.15, -0.1) is 0 Å². The molecule has 18 heavy (non-hydrogen) atoms. The molecule has 4 heteroatoms. The second-order valence-electron chi connectivity index (χ2n) is 3.72. The Bertz CT molecular complexity index is 431. The summed E-state index contributed by atoms with van der Waals surface area (Å²) in [7, 11) is 0. The molecule has 1 aromatic carbocycles. The molecule has 1 aromatic rings. The van der Waals surface area contributed by atoms with E-state index < -0.39 is 0 Å². The molecule has 0 unspecified atom stereocenters. The maximum Gasteiger partial charge on any atom is 0.221 e. The monoisotopic (exact) mass is 262 g/mol. The van der Waals surface area contributed by atoms with Crippen molar-refractivity contribution < 1.29 is 4.79 Å². The number of thioether (sulfide) groups is 1. The van der Waals surface area contributed by atoms with Crippen molar-refractivity contribution in [2.45, 2.75) is 13.0 Å². The molecule has 0 saturated heterocycles. The number of hydrogen-bond donors (Lipinski definition) is 2. The second-order valence-corrected chi connectivity index (χ2v) is 4.71. The van der Waals surface area contributed by atoms with Gasteiger partial charge in [0, 0.05) is 24.3 Å². The molecule has 0 radical (unpaired) electrons. The molecule has 3 N–H and O–H groups in total. The SMILES string of the molecule is CSCCC(=O)NCc1ccc(C#CCN)cc1. The summed E-state index contributed by atoms with van der Waals surface area (Å²) in [6.07, 6.45) is 2.57. The van der Waals surface area contributed by atoms with Gasteiger partial charge >= 0.3 is 0 Å². The van der Waals surface area contributed by atoms with E-state index in [-0.39, 0.29) is 5.91 Å². The van der Waals surface area contributed by atoms with Crippen molar-refractivity contribution in [3.05, 3.63) is 35.4 Å². The Hall–Kier alpha value is -1.44. The maximum absolute atomic E-state index is 11.4. The molecule has 3 nitrogen and oxygen atoms in total. The standard InChI is InChI=1S/C14H18N2OS/c1-18-10-8-14(17)16-11-13-6-4-12(5-7-13)3-2-9-15/h4-7H,8-11,15H2,1H3,(H,16,17). The highest BCUT2D eigenvalue weighted by Gasteiger charge is 2.00. The molecule has 0 fully saturated rings. The van der Waals surface area contributed by atoms with E-state index in [2.05, 4.69) is 17.2 Å². The van der Waals surface area contributed by atoms with Gasteiger partial charge in [0.25, 0.3) is 0 Å². The van der Waals surface area contributed by atoms with E-state index in [1.54, 1.807) is 11.8 Å². The van der Waals surface area contributed by atoms with Crippen LogP contribution in [0.3, 0.4) is 0 Å². The lowest BCUT2D eigenvalue weighted by atomic mass is 10.1. The third-order valence-corrected chi connectivity index (χ3v) is 2.92. The van der Waals surface area contributed by atoms with Crippen LogP contribution in [0.5, 0.6) is 0 Å². The lowest BCUT2D eigenvalue weighted by Gasteiger charge is -2.04. The predicted molar refractivity (Wildman–Crippen MR) is 77.2 cm³/mol. The minimum absolute atomic E-state index is 0.0938.